The monoisotopic (exact) mass is 264 g/mol. The molecule has 1 aromatic rings. The predicted octanol–water partition coefficient (Wildman–Crippen LogP) is 1.86. The van der Waals surface area contributed by atoms with Gasteiger partial charge < -0.3 is 15.8 Å². The lowest BCUT2D eigenvalue weighted by Crippen LogP contribution is -2.23. The molecule has 1 rings (SSSR count). The summed E-state index contributed by atoms with van der Waals surface area (Å²) in [5.41, 5.74) is 2.37. The Morgan fingerprint density at radius 1 is 1.44 bits per heavy atom. The van der Waals surface area contributed by atoms with Crippen molar-refractivity contribution in [3.05, 3.63) is 16.1 Å². The molecule has 0 aromatic carbocycles. The molecule has 0 aliphatic carbocycles. The second-order valence-corrected chi connectivity index (χ2v) is 4.04. The van der Waals surface area contributed by atoms with Crippen molar-refractivity contribution >= 4 is 34.8 Å². The zero-order chi connectivity index (χ0) is 12.1. The smallest absolute Gasteiger partial charge is 0.161 e. The average molecular weight is 265 g/mol. The number of hydrazine groups is 1. The number of hydrogen-bond donors (Lipinski definition) is 4. The third-order valence-corrected chi connectivity index (χ3v) is 2.70. The Hall–Kier alpha value is -0.750. The molecule has 0 amide bonds. The van der Waals surface area contributed by atoms with Crippen molar-refractivity contribution in [3.63, 3.8) is 0 Å². The Morgan fingerprint density at radius 2 is 2.06 bits per heavy atom. The highest BCUT2D eigenvalue weighted by Crippen LogP contribution is 2.29. The molecule has 0 aliphatic heterocycles. The maximum absolute atomic E-state index is 9.06. The standard InChI is InChI=1S/C9H14Cl2N4O/c1-2-5(4-16)13-8-6(10)3-7(11)9(14-8)15-12/h3,5,16H,2,4,12H2,1H3,(H2,13,14,15). The fourth-order valence-electron chi connectivity index (χ4n) is 1.14. The van der Waals surface area contributed by atoms with Crippen molar-refractivity contribution in [3.8, 4) is 0 Å². The van der Waals surface area contributed by atoms with E-state index in [1.165, 1.54) is 6.07 Å². The van der Waals surface area contributed by atoms with Crippen LogP contribution in [0.2, 0.25) is 10.0 Å². The van der Waals surface area contributed by atoms with E-state index in [0.29, 0.717) is 21.7 Å². The maximum Gasteiger partial charge on any atom is 0.161 e. The Morgan fingerprint density at radius 3 is 2.56 bits per heavy atom. The maximum atomic E-state index is 9.06. The first-order valence-electron chi connectivity index (χ1n) is 4.82. The van der Waals surface area contributed by atoms with E-state index in [4.69, 9.17) is 34.2 Å². The highest BCUT2D eigenvalue weighted by molar-refractivity contribution is 6.37. The second-order valence-electron chi connectivity index (χ2n) is 3.23. The molecule has 0 saturated heterocycles. The van der Waals surface area contributed by atoms with Gasteiger partial charge in [0.1, 0.15) is 5.82 Å². The van der Waals surface area contributed by atoms with Gasteiger partial charge in [-0.2, -0.15) is 0 Å². The molecule has 5 N–H and O–H groups in total. The first-order valence-corrected chi connectivity index (χ1v) is 5.58. The lowest BCUT2D eigenvalue weighted by molar-refractivity contribution is 0.271. The Kier molecular flexibility index (Phi) is 5.08. The predicted molar refractivity (Wildman–Crippen MR) is 66.9 cm³/mol. The van der Waals surface area contributed by atoms with E-state index in [0.717, 1.165) is 6.42 Å². The van der Waals surface area contributed by atoms with Crippen LogP contribution in [-0.4, -0.2) is 22.7 Å². The van der Waals surface area contributed by atoms with Crippen LogP contribution in [0.25, 0.3) is 0 Å². The van der Waals surface area contributed by atoms with Crippen LogP contribution in [0.4, 0.5) is 11.6 Å². The van der Waals surface area contributed by atoms with Crippen LogP contribution in [0, 0.1) is 0 Å². The SMILES string of the molecule is CCC(CO)Nc1nc(NN)c(Cl)cc1Cl. The van der Waals surface area contributed by atoms with E-state index in [-0.39, 0.29) is 12.6 Å². The number of nitrogens with one attached hydrogen (secondary N) is 2. The number of nitrogens with zero attached hydrogens (tertiary/aromatic N) is 1. The highest BCUT2D eigenvalue weighted by Gasteiger charge is 2.11. The number of aliphatic hydroxyl groups excluding tert-OH is 1. The molecular formula is C9H14Cl2N4O. The minimum atomic E-state index is -0.100. The molecule has 0 fully saturated rings. The van der Waals surface area contributed by atoms with Crippen molar-refractivity contribution in [1.82, 2.24) is 4.98 Å². The lowest BCUT2D eigenvalue weighted by atomic mass is 10.2. The minimum absolute atomic E-state index is 0.00250. The second kappa shape index (κ2) is 6.10. The van der Waals surface area contributed by atoms with Gasteiger partial charge in [0.25, 0.3) is 0 Å². The fourth-order valence-corrected chi connectivity index (χ4v) is 1.61. The van der Waals surface area contributed by atoms with Gasteiger partial charge in [0.2, 0.25) is 0 Å². The van der Waals surface area contributed by atoms with Crippen LogP contribution in [0.15, 0.2) is 6.07 Å². The van der Waals surface area contributed by atoms with E-state index in [9.17, 15) is 0 Å². The van der Waals surface area contributed by atoms with E-state index in [1.54, 1.807) is 0 Å². The van der Waals surface area contributed by atoms with Crippen molar-refractivity contribution in [1.29, 1.82) is 0 Å². The molecule has 1 unspecified atom stereocenters. The van der Waals surface area contributed by atoms with Crippen molar-refractivity contribution in [2.75, 3.05) is 17.3 Å². The molecule has 0 bridgehead atoms. The van der Waals surface area contributed by atoms with Gasteiger partial charge in [-0.05, 0) is 12.5 Å². The first-order chi connectivity index (χ1) is 7.62. The van der Waals surface area contributed by atoms with Gasteiger partial charge in [-0.25, -0.2) is 10.8 Å². The van der Waals surface area contributed by atoms with Crippen LogP contribution in [0.3, 0.4) is 0 Å². The molecular weight excluding hydrogens is 251 g/mol. The van der Waals surface area contributed by atoms with Crippen molar-refractivity contribution < 1.29 is 5.11 Å². The zero-order valence-electron chi connectivity index (χ0n) is 8.80. The average Bonchev–Trinajstić information content (AvgIpc) is 2.28. The summed E-state index contributed by atoms with van der Waals surface area (Å²) >= 11 is 11.8. The number of rotatable bonds is 5. The van der Waals surface area contributed by atoms with Gasteiger partial charge in [0, 0.05) is 0 Å². The number of pyridine rings is 1. The fraction of sp³-hybridized carbons (Fsp3) is 0.444. The molecule has 7 heteroatoms. The number of hydrogen-bond acceptors (Lipinski definition) is 5. The number of nitrogen functional groups attached to an aromatic ring is 1. The van der Waals surface area contributed by atoms with Crippen molar-refractivity contribution in [2.45, 2.75) is 19.4 Å². The Labute approximate surface area is 104 Å². The van der Waals surface area contributed by atoms with Gasteiger partial charge in [0.15, 0.2) is 5.82 Å². The third-order valence-electron chi connectivity index (χ3n) is 2.12. The number of aromatic nitrogens is 1. The van der Waals surface area contributed by atoms with Gasteiger partial charge in [-0.15, -0.1) is 0 Å². The molecule has 0 spiro atoms. The highest BCUT2D eigenvalue weighted by atomic mass is 35.5. The first kappa shape index (κ1) is 13.3. The van der Waals surface area contributed by atoms with Crippen LogP contribution < -0.4 is 16.6 Å². The Balaban J connectivity index is 2.95. The van der Waals surface area contributed by atoms with Crippen molar-refractivity contribution in [2.24, 2.45) is 5.84 Å². The molecule has 0 saturated carbocycles. The van der Waals surface area contributed by atoms with Gasteiger partial charge in [-0.1, -0.05) is 30.1 Å². The molecule has 1 atom stereocenters. The van der Waals surface area contributed by atoms with Gasteiger partial charge in [0.05, 0.1) is 22.7 Å². The van der Waals surface area contributed by atoms with E-state index in [2.05, 4.69) is 15.7 Å². The molecule has 1 aromatic heterocycles. The zero-order valence-corrected chi connectivity index (χ0v) is 10.3. The van der Waals surface area contributed by atoms with Crippen LogP contribution >= 0.6 is 23.2 Å². The molecule has 90 valence electrons. The quantitative estimate of drug-likeness (QED) is 0.482. The molecule has 16 heavy (non-hydrogen) atoms. The van der Waals surface area contributed by atoms with Gasteiger partial charge in [-0.3, -0.25) is 0 Å². The minimum Gasteiger partial charge on any atom is -0.394 e. The van der Waals surface area contributed by atoms with E-state index in [1.807, 2.05) is 6.92 Å². The number of halogens is 2. The molecule has 5 nitrogen and oxygen atoms in total. The van der Waals surface area contributed by atoms with E-state index >= 15 is 0 Å². The normalized spacial score (nSPS) is 12.3. The van der Waals surface area contributed by atoms with Gasteiger partial charge >= 0.3 is 0 Å². The number of nitrogens with two attached hydrogens (primary N) is 1. The molecule has 0 radical (unpaired) electrons. The summed E-state index contributed by atoms with van der Waals surface area (Å²) in [6, 6.07) is 1.44. The molecule has 0 aliphatic rings. The summed E-state index contributed by atoms with van der Waals surface area (Å²) in [6.07, 6.45) is 0.753. The van der Waals surface area contributed by atoms with E-state index < -0.39 is 0 Å². The third kappa shape index (κ3) is 3.12. The topological polar surface area (TPSA) is 83.2 Å². The van der Waals surface area contributed by atoms with Crippen LogP contribution in [0.5, 0.6) is 0 Å². The molecule has 1 heterocycles. The summed E-state index contributed by atoms with van der Waals surface area (Å²) in [5, 5.41) is 12.8. The number of anilines is 2. The Bertz CT molecular complexity index is 358. The summed E-state index contributed by atoms with van der Waals surface area (Å²) < 4.78 is 0. The lowest BCUT2D eigenvalue weighted by Gasteiger charge is -2.16. The largest absolute Gasteiger partial charge is 0.394 e. The summed E-state index contributed by atoms with van der Waals surface area (Å²) in [4.78, 5) is 4.10. The summed E-state index contributed by atoms with van der Waals surface area (Å²) in [6.45, 7) is 1.95. The van der Waals surface area contributed by atoms with Crippen LogP contribution in [0.1, 0.15) is 13.3 Å². The summed E-state index contributed by atoms with van der Waals surface area (Å²) in [5.74, 6) is 6.03. The van der Waals surface area contributed by atoms with Crippen LogP contribution in [-0.2, 0) is 0 Å². The summed E-state index contributed by atoms with van der Waals surface area (Å²) in [7, 11) is 0. The number of aliphatic hydroxyl groups is 1.